The second-order valence-corrected chi connectivity index (χ2v) is 4.66. The summed E-state index contributed by atoms with van der Waals surface area (Å²) in [6, 6.07) is 14.2. The minimum absolute atomic E-state index is 0.901. The fourth-order valence-corrected chi connectivity index (χ4v) is 2.42. The van der Waals surface area contributed by atoms with Gasteiger partial charge in [-0.2, -0.15) is 5.10 Å². The summed E-state index contributed by atoms with van der Waals surface area (Å²) in [5.74, 6) is 0. The Kier molecular flexibility index (Phi) is 2.39. The third kappa shape index (κ3) is 1.70. The Bertz CT molecular complexity index is 858. The predicted octanol–water partition coefficient (Wildman–Crippen LogP) is 3.62. The molecule has 0 fully saturated rings. The first-order chi connectivity index (χ1) is 9.92. The molecule has 0 saturated carbocycles. The van der Waals surface area contributed by atoms with E-state index in [2.05, 4.69) is 32.3 Å². The quantitative estimate of drug-likeness (QED) is 0.578. The fourth-order valence-electron chi connectivity index (χ4n) is 2.42. The van der Waals surface area contributed by atoms with Crippen LogP contribution in [0.1, 0.15) is 0 Å². The maximum Gasteiger partial charge on any atom is 0.0942 e. The Morgan fingerprint density at radius 2 is 1.95 bits per heavy atom. The van der Waals surface area contributed by atoms with Crippen molar-refractivity contribution in [1.29, 1.82) is 0 Å². The second-order valence-electron chi connectivity index (χ2n) is 4.66. The Hall–Kier alpha value is -2.88. The van der Waals surface area contributed by atoms with Crippen LogP contribution in [0.25, 0.3) is 33.4 Å². The van der Waals surface area contributed by atoms with Gasteiger partial charge in [-0.05, 0) is 24.3 Å². The number of benzene rings is 1. The molecule has 0 aliphatic rings. The van der Waals surface area contributed by atoms with Crippen LogP contribution in [-0.2, 0) is 0 Å². The number of H-pyrrole nitrogens is 2. The van der Waals surface area contributed by atoms with Gasteiger partial charge in [0.15, 0.2) is 0 Å². The van der Waals surface area contributed by atoms with Crippen molar-refractivity contribution in [1.82, 2.24) is 20.2 Å². The molecule has 4 rings (SSSR count). The van der Waals surface area contributed by atoms with Crippen LogP contribution in [0, 0.1) is 0 Å². The van der Waals surface area contributed by atoms with Crippen molar-refractivity contribution in [3.8, 4) is 22.5 Å². The number of pyridine rings is 1. The van der Waals surface area contributed by atoms with Crippen LogP contribution < -0.4 is 0 Å². The lowest BCUT2D eigenvalue weighted by Crippen LogP contribution is -1.78. The summed E-state index contributed by atoms with van der Waals surface area (Å²) in [6.45, 7) is 0. The molecule has 0 saturated heterocycles. The summed E-state index contributed by atoms with van der Waals surface area (Å²) in [5, 5.41) is 8.66. The lowest BCUT2D eigenvalue weighted by atomic mass is 10.1. The van der Waals surface area contributed by atoms with Gasteiger partial charge in [0.05, 0.1) is 11.4 Å². The third-order valence-corrected chi connectivity index (χ3v) is 3.41. The summed E-state index contributed by atoms with van der Waals surface area (Å²) in [5.41, 5.74) is 5.16. The van der Waals surface area contributed by atoms with Crippen LogP contribution in [0.15, 0.2) is 61.1 Å². The normalized spacial score (nSPS) is 11.0. The Balaban J connectivity index is 1.82. The Morgan fingerprint density at radius 1 is 1.00 bits per heavy atom. The van der Waals surface area contributed by atoms with Gasteiger partial charge in [0, 0.05) is 40.6 Å². The predicted molar refractivity (Wildman–Crippen MR) is 79.1 cm³/mol. The maximum atomic E-state index is 4.37. The zero-order chi connectivity index (χ0) is 13.4. The largest absolute Gasteiger partial charge is 0.360 e. The number of nitrogens with zero attached hydrogens (tertiary/aromatic N) is 2. The van der Waals surface area contributed by atoms with Crippen molar-refractivity contribution >= 4 is 10.9 Å². The topological polar surface area (TPSA) is 57.4 Å². The van der Waals surface area contributed by atoms with Crippen LogP contribution in [0.4, 0.5) is 0 Å². The van der Waals surface area contributed by atoms with Gasteiger partial charge in [-0.1, -0.05) is 18.2 Å². The van der Waals surface area contributed by atoms with E-state index in [4.69, 9.17) is 0 Å². The van der Waals surface area contributed by atoms with E-state index in [1.54, 1.807) is 6.20 Å². The minimum atomic E-state index is 0.901. The van der Waals surface area contributed by atoms with Crippen molar-refractivity contribution in [3.63, 3.8) is 0 Å². The minimum Gasteiger partial charge on any atom is -0.360 e. The molecule has 0 spiro atoms. The molecule has 0 atom stereocenters. The van der Waals surface area contributed by atoms with Crippen molar-refractivity contribution < 1.29 is 0 Å². The monoisotopic (exact) mass is 260 g/mol. The summed E-state index contributed by atoms with van der Waals surface area (Å²) in [7, 11) is 0. The van der Waals surface area contributed by atoms with E-state index in [1.807, 2.05) is 42.7 Å². The third-order valence-electron chi connectivity index (χ3n) is 3.41. The molecule has 4 aromatic rings. The van der Waals surface area contributed by atoms with Crippen molar-refractivity contribution in [3.05, 3.63) is 61.1 Å². The highest BCUT2D eigenvalue weighted by molar-refractivity contribution is 5.94. The number of hydrogen-bond acceptors (Lipinski definition) is 2. The lowest BCUT2D eigenvalue weighted by molar-refractivity contribution is 1.10. The number of para-hydroxylation sites is 1. The van der Waals surface area contributed by atoms with Gasteiger partial charge in [0.25, 0.3) is 0 Å². The van der Waals surface area contributed by atoms with Crippen molar-refractivity contribution in [2.24, 2.45) is 0 Å². The number of fused-ring (bicyclic) bond motifs is 1. The average molecular weight is 260 g/mol. The van der Waals surface area contributed by atoms with Gasteiger partial charge in [0.1, 0.15) is 0 Å². The van der Waals surface area contributed by atoms with Gasteiger partial charge in [0.2, 0.25) is 0 Å². The van der Waals surface area contributed by atoms with E-state index in [0.717, 1.165) is 28.0 Å². The van der Waals surface area contributed by atoms with Crippen LogP contribution in [0.5, 0.6) is 0 Å². The van der Waals surface area contributed by atoms with E-state index < -0.39 is 0 Å². The van der Waals surface area contributed by atoms with E-state index in [9.17, 15) is 0 Å². The lowest BCUT2D eigenvalue weighted by Gasteiger charge is -1.94. The second kappa shape index (κ2) is 4.35. The first-order valence-corrected chi connectivity index (χ1v) is 6.44. The molecular formula is C16H12N4. The van der Waals surface area contributed by atoms with Crippen LogP contribution in [0.3, 0.4) is 0 Å². The summed E-state index contributed by atoms with van der Waals surface area (Å²) in [6.07, 6.45) is 5.58. The molecule has 0 aliphatic carbocycles. The molecule has 0 unspecified atom stereocenters. The first-order valence-electron chi connectivity index (χ1n) is 6.44. The average Bonchev–Trinajstić information content (AvgIpc) is 3.14. The SMILES string of the molecule is c1cncc(-c2cc(-c3c[nH]c4ccccc34)[nH]n2)c1. The fraction of sp³-hybridized carbons (Fsp3) is 0. The zero-order valence-electron chi connectivity index (χ0n) is 10.7. The molecule has 0 aliphatic heterocycles. The van der Waals surface area contributed by atoms with Gasteiger partial charge >= 0.3 is 0 Å². The Labute approximate surface area is 115 Å². The first kappa shape index (κ1) is 11.0. The van der Waals surface area contributed by atoms with Gasteiger partial charge in [-0.3, -0.25) is 10.1 Å². The number of nitrogens with one attached hydrogen (secondary N) is 2. The molecule has 3 heterocycles. The van der Waals surface area contributed by atoms with Gasteiger partial charge < -0.3 is 4.98 Å². The van der Waals surface area contributed by atoms with Gasteiger partial charge in [-0.25, -0.2) is 0 Å². The molecule has 0 amide bonds. The Morgan fingerprint density at radius 3 is 2.85 bits per heavy atom. The number of rotatable bonds is 2. The maximum absolute atomic E-state index is 4.37. The van der Waals surface area contributed by atoms with Crippen LogP contribution >= 0.6 is 0 Å². The van der Waals surface area contributed by atoms with Crippen LogP contribution in [-0.4, -0.2) is 20.2 Å². The molecule has 0 bridgehead atoms. The summed E-state index contributed by atoms with van der Waals surface area (Å²) < 4.78 is 0. The molecule has 3 aromatic heterocycles. The number of aromatic nitrogens is 4. The van der Waals surface area contributed by atoms with Crippen molar-refractivity contribution in [2.75, 3.05) is 0 Å². The number of aromatic amines is 2. The van der Waals surface area contributed by atoms with E-state index in [1.165, 1.54) is 5.39 Å². The van der Waals surface area contributed by atoms with E-state index >= 15 is 0 Å². The standard InChI is InChI=1S/C16H12N4/c1-2-6-14-12(5-1)13(10-18-14)16-8-15(19-20-16)11-4-3-7-17-9-11/h1-10,18H,(H,19,20). The van der Waals surface area contributed by atoms with E-state index in [0.29, 0.717) is 0 Å². The van der Waals surface area contributed by atoms with E-state index in [-0.39, 0.29) is 0 Å². The smallest absolute Gasteiger partial charge is 0.0942 e. The molecule has 2 N–H and O–H groups in total. The zero-order valence-corrected chi connectivity index (χ0v) is 10.7. The highest BCUT2D eigenvalue weighted by Gasteiger charge is 2.09. The molecule has 96 valence electrons. The molecule has 1 aromatic carbocycles. The molecule has 20 heavy (non-hydrogen) atoms. The summed E-state index contributed by atoms with van der Waals surface area (Å²) in [4.78, 5) is 7.40. The highest BCUT2D eigenvalue weighted by Crippen LogP contribution is 2.29. The van der Waals surface area contributed by atoms with Crippen molar-refractivity contribution in [2.45, 2.75) is 0 Å². The molecule has 4 nitrogen and oxygen atoms in total. The van der Waals surface area contributed by atoms with Crippen LogP contribution in [0.2, 0.25) is 0 Å². The molecular weight excluding hydrogens is 248 g/mol. The number of hydrogen-bond donors (Lipinski definition) is 2. The molecule has 0 radical (unpaired) electrons. The summed E-state index contributed by atoms with van der Waals surface area (Å²) >= 11 is 0. The highest BCUT2D eigenvalue weighted by atomic mass is 15.1. The van der Waals surface area contributed by atoms with Gasteiger partial charge in [-0.15, -0.1) is 0 Å². The molecule has 4 heteroatoms.